The minimum atomic E-state index is -3.72. The minimum Gasteiger partial charge on any atom is -0.371 e. The number of benzene rings is 3. The maximum absolute atomic E-state index is 13.0. The van der Waals surface area contributed by atoms with E-state index in [0.29, 0.717) is 17.2 Å². The Morgan fingerprint density at radius 2 is 1.77 bits per heavy atom. The fraction of sp³-hybridized carbons (Fsp3) is 0.296. The van der Waals surface area contributed by atoms with Gasteiger partial charge in [0.05, 0.1) is 21.7 Å². The van der Waals surface area contributed by atoms with Gasteiger partial charge in [0, 0.05) is 25.3 Å². The molecule has 6 nitrogen and oxygen atoms in total. The maximum atomic E-state index is 13.0. The Balaban J connectivity index is 1.29. The molecule has 1 aromatic heterocycles. The number of hydrogen-bond acceptors (Lipinski definition) is 5. The van der Waals surface area contributed by atoms with Crippen LogP contribution in [-0.4, -0.2) is 26.1 Å². The molecule has 1 fully saturated rings. The van der Waals surface area contributed by atoms with Crippen LogP contribution < -0.4 is 14.5 Å². The number of piperidine rings is 1. The van der Waals surface area contributed by atoms with Crippen LogP contribution in [0.15, 0.2) is 82.5 Å². The number of thiazole rings is 1. The van der Waals surface area contributed by atoms with E-state index in [1.54, 1.807) is 22.8 Å². The molecule has 182 valence electrons. The Kier molecular flexibility index (Phi) is 6.77. The van der Waals surface area contributed by atoms with Crippen LogP contribution in [0, 0.1) is 5.92 Å². The van der Waals surface area contributed by atoms with E-state index in [4.69, 9.17) is 0 Å². The van der Waals surface area contributed by atoms with Gasteiger partial charge in [-0.05, 0) is 60.2 Å². The lowest BCUT2D eigenvalue weighted by Crippen LogP contribution is -2.34. The first-order chi connectivity index (χ1) is 16.9. The molecule has 0 spiro atoms. The predicted octanol–water partition coefficient (Wildman–Crippen LogP) is 4.83. The van der Waals surface area contributed by atoms with E-state index in [1.165, 1.54) is 18.5 Å². The number of aromatic nitrogens is 1. The number of anilines is 1. The minimum absolute atomic E-state index is 0.102. The second kappa shape index (κ2) is 9.97. The van der Waals surface area contributed by atoms with Crippen LogP contribution in [0.1, 0.15) is 30.9 Å². The average Bonchev–Trinajstić information content (AvgIpc) is 3.18. The number of nitrogens with one attached hydrogen (secondary N) is 1. The van der Waals surface area contributed by atoms with Crippen LogP contribution in [0.2, 0.25) is 0 Å². The zero-order chi connectivity index (χ0) is 24.4. The normalized spacial score (nSPS) is 16.6. The molecule has 2 heterocycles. The number of hydrogen-bond donors (Lipinski definition) is 1. The van der Waals surface area contributed by atoms with Crippen LogP contribution in [0.3, 0.4) is 0 Å². The van der Waals surface area contributed by atoms with Gasteiger partial charge in [0.1, 0.15) is 0 Å². The molecular formula is C27H29N3O3S2. The molecule has 1 N–H and O–H groups in total. The van der Waals surface area contributed by atoms with Crippen LogP contribution in [-0.2, 0) is 23.1 Å². The van der Waals surface area contributed by atoms with Crippen molar-refractivity contribution >= 4 is 37.3 Å². The molecular weight excluding hydrogens is 478 g/mol. The second-order valence-corrected chi connectivity index (χ2v) is 12.0. The molecule has 0 radical (unpaired) electrons. The lowest BCUT2D eigenvalue weighted by Gasteiger charge is -2.32. The van der Waals surface area contributed by atoms with Gasteiger partial charge in [-0.2, -0.15) is 0 Å². The highest BCUT2D eigenvalue weighted by Gasteiger charge is 2.18. The molecule has 1 saturated heterocycles. The van der Waals surface area contributed by atoms with E-state index in [9.17, 15) is 13.2 Å². The van der Waals surface area contributed by atoms with Gasteiger partial charge in [0.25, 0.3) is 0 Å². The highest BCUT2D eigenvalue weighted by Crippen LogP contribution is 2.24. The van der Waals surface area contributed by atoms with Crippen molar-refractivity contribution < 1.29 is 8.42 Å². The van der Waals surface area contributed by atoms with Gasteiger partial charge in [0.2, 0.25) is 10.0 Å². The smallest absolute Gasteiger partial charge is 0.308 e. The summed E-state index contributed by atoms with van der Waals surface area (Å²) in [6.07, 6.45) is 2.48. The van der Waals surface area contributed by atoms with Crippen molar-refractivity contribution in [3.8, 4) is 0 Å². The molecule has 4 aromatic rings. The maximum Gasteiger partial charge on any atom is 0.308 e. The summed E-state index contributed by atoms with van der Waals surface area (Å²) in [4.78, 5) is 15.0. The Labute approximate surface area is 209 Å². The van der Waals surface area contributed by atoms with Crippen molar-refractivity contribution in [2.75, 3.05) is 18.0 Å². The highest BCUT2D eigenvalue weighted by atomic mass is 32.2. The Hall–Kier alpha value is -2.94. The SMILES string of the molecule is C[C@@H]1CCCN(c2ccc(CNS(=O)(=O)c3ccc4c(c3)sc(=O)n4Cc3ccccc3)cc2)C1. The summed E-state index contributed by atoms with van der Waals surface area (Å²) in [6, 6.07) is 22.7. The molecule has 0 saturated carbocycles. The third-order valence-corrected chi connectivity index (χ3v) is 8.90. The predicted molar refractivity (Wildman–Crippen MR) is 143 cm³/mol. The Morgan fingerprint density at radius 3 is 2.51 bits per heavy atom. The lowest BCUT2D eigenvalue weighted by atomic mass is 9.99. The number of nitrogens with zero attached hydrogens (tertiary/aromatic N) is 2. The van der Waals surface area contributed by atoms with Gasteiger partial charge in [-0.1, -0.05) is 60.7 Å². The summed E-state index contributed by atoms with van der Waals surface area (Å²) in [5.74, 6) is 0.696. The molecule has 0 unspecified atom stereocenters. The fourth-order valence-electron chi connectivity index (χ4n) is 4.64. The van der Waals surface area contributed by atoms with Crippen LogP contribution in [0.4, 0.5) is 5.69 Å². The molecule has 0 amide bonds. The van der Waals surface area contributed by atoms with Gasteiger partial charge in [-0.3, -0.25) is 9.36 Å². The molecule has 1 atom stereocenters. The molecule has 1 aliphatic heterocycles. The Bertz CT molecular complexity index is 1480. The quantitative estimate of drug-likeness (QED) is 0.389. The highest BCUT2D eigenvalue weighted by molar-refractivity contribution is 7.89. The van der Waals surface area contributed by atoms with Crippen molar-refractivity contribution in [1.82, 2.24) is 9.29 Å². The molecule has 8 heteroatoms. The summed E-state index contributed by atoms with van der Waals surface area (Å²) in [7, 11) is -3.72. The van der Waals surface area contributed by atoms with Crippen LogP contribution in [0.5, 0.6) is 0 Å². The van der Waals surface area contributed by atoms with Gasteiger partial charge in [0.15, 0.2) is 0 Å². The first-order valence-electron chi connectivity index (χ1n) is 11.9. The topological polar surface area (TPSA) is 71.4 Å². The molecule has 3 aromatic carbocycles. The van der Waals surface area contributed by atoms with Gasteiger partial charge < -0.3 is 4.90 Å². The standard InChI is InChI=1S/C27H29N3O3S2/c1-20-6-5-15-29(18-20)23-11-9-21(10-12-23)17-28-35(32,33)24-13-14-25-26(16-24)34-27(31)30(25)19-22-7-3-2-4-8-22/h2-4,7-14,16,20,28H,5-6,15,17-19H2,1H3/t20-/m1/s1. The van der Waals surface area contributed by atoms with Crippen LogP contribution >= 0.6 is 11.3 Å². The number of fused-ring (bicyclic) bond motifs is 1. The Morgan fingerprint density at radius 1 is 1.00 bits per heavy atom. The lowest BCUT2D eigenvalue weighted by molar-refractivity contribution is 0.447. The second-order valence-electron chi connectivity index (χ2n) is 9.25. The summed E-state index contributed by atoms with van der Waals surface area (Å²) in [5, 5.41) is 0. The molecule has 5 rings (SSSR count). The van der Waals surface area contributed by atoms with E-state index >= 15 is 0 Å². The zero-order valence-corrected chi connectivity index (χ0v) is 21.3. The summed E-state index contributed by atoms with van der Waals surface area (Å²) < 4.78 is 31.0. The molecule has 1 aliphatic rings. The summed E-state index contributed by atoms with van der Waals surface area (Å²) >= 11 is 1.07. The van der Waals surface area contributed by atoms with E-state index in [0.717, 1.165) is 41.1 Å². The largest absolute Gasteiger partial charge is 0.371 e. The van der Waals surface area contributed by atoms with Crippen molar-refractivity contribution in [1.29, 1.82) is 0 Å². The van der Waals surface area contributed by atoms with Crippen LogP contribution in [0.25, 0.3) is 10.2 Å². The molecule has 35 heavy (non-hydrogen) atoms. The number of rotatable bonds is 7. The van der Waals surface area contributed by atoms with Crippen molar-refractivity contribution in [3.63, 3.8) is 0 Å². The first-order valence-corrected chi connectivity index (χ1v) is 14.2. The van der Waals surface area contributed by atoms with E-state index < -0.39 is 10.0 Å². The summed E-state index contributed by atoms with van der Waals surface area (Å²) in [6.45, 7) is 5.08. The first kappa shape index (κ1) is 23.8. The average molecular weight is 508 g/mol. The summed E-state index contributed by atoms with van der Waals surface area (Å²) in [5.41, 5.74) is 3.85. The van der Waals surface area contributed by atoms with Gasteiger partial charge in [-0.25, -0.2) is 13.1 Å². The van der Waals surface area contributed by atoms with Crippen molar-refractivity contribution in [2.24, 2.45) is 5.92 Å². The van der Waals surface area contributed by atoms with E-state index in [-0.39, 0.29) is 16.3 Å². The van der Waals surface area contributed by atoms with Gasteiger partial charge in [-0.15, -0.1) is 0 Å². The zero-order valence-electron chi connectivity index (χ0n) is 19.7. The fourth-order valence-corrected chi connectivity index (χ4v) is 6.69. The van der Waals surface area contributed by atoms with E-state index in [2.05, 4.69) is 28.7 Å². The van der Waals surface area contributed by atoms with E-state index in [1.807, 2.05) is 42.5 Å². The third kappa shape index (κ3) is 5.34. The number of sulfonamides is 1. The molecule has 0 aliphatic carbocycles. The van der Waals surface area contributed by atoms with Crippen molar-refractivity contribution in [2.45, 2.75) is 37.8 Å². The van der Waals surface area contributed by atoms with Crippen molar-refractivity contribution in [3.05, 3.63) is 93.6 Å². The monoisotopic (exact) mass is 507 g/mol. The molecule has 0 bridgehead atoms. The third-order valence-electron chi connectivity index (χ3n) is 6.56. The van der Waals surface area contributed by atoms with Gasteiger partial charge >= 0.3 is 4.87 Å².